The van der Waals surface area contributed by atoms with Gasteiger partial charge >= 0.3 is 5.97 Å². The summed E-state index contributed by atoms with van der Waals surface area (Å²) >= 11 is 1.96. The average Bonchev–Trinajstić information content (AvgIpc) is 2.97. The van der Waals surface area contributed by atoms with Crippen LogP contribution in [0.1, 0.15) is 23.2 Å². The van der Waals surface area contributed by atoms with Crippen molar-refractivity contribution in [3.63, 3.8) is 0 Å². The van der Waals surface area contributed by atoms with Crippen LogP contribution in [0.3, 0.4) is 0 Å². The number of rotatable bonds is 4. The van der Waals surface area contributed by atoms with Gasteiger partial charge in [0.15, 0.2) is 0 Å². The molecule has 0 amide bonds. The number of nitrogens with zero attached hydrogens (tertiary/aromatic N) is 1. The molecule has 1 aliphatic rings. The topological polar surface area (TPSA) is 62.2 Å². The van der Waals surface area contributed by atoms with Gasteiger partial charge in [-0.3, -0.25) is 4.98 Å². The summed E-state index contributed by atoms with van der Waals surface area (Å²) in [6.07, 6.45) is 3.89. The summed E-state index contributed by atoms with van der Waals surface area (Å²) < 4.78 is 0. The smallest absolute Gasteiger partial charge is 0.339 e. The Labute approximate surface area is 121 Å². The van der Waals surface area contributed by atoms with E-state index >= 15 is 0 Å². The molecule has 0 saturated carbocycles. The molecule has 1 unspecified atom stereocenters. The van der Waals surface area contributed by atoms with E-state index in [-0.39, 0.29) is 5.56 Å². The second-order valence-corrected chi connectivity index (χ2v) is 6.29. The van der Waals surface area contributed by atoms with Crippen LogP contribution in [0.25, 0.3) is 10.9 Å². The van der Waals surface area contributed by atoms with Crippen molar-refractivity contribution in [1.82, 2.24) is 4.98 Å². The number of hydrogen-bond acceptors (Lipinski definition) is 4. The quantitative estimate of drug-likeness (QED) is 0.904. The Bertz CT molecular complexity index is 639. The molecule has 2 aromatic rings. The van der Waals surface area contributed by atoms with Gasteiger partial charge < -0.3 is 10.4 Å². The van der Waals surface area contributed by atoms with Gasteiger partial charge in [-0.2, -0.15) is 11.8 Å². The maximum atomic E-state index is 11.4. The Morgan fingerprint density at radius 3 is 3.05 bits per heavy atom. The molecule has 1 aliphatic heterocycles. The highest BCUT2D eigenvalue weighted by Crippen LogP contribution is 2.29. The van der Waals surface area contributed by atoms with E-state index in [0.29, 0.717) is 10.9 Å². The predicted octanol–water partition coefficient (Wildman–Crippen LogP) is 3.24. The molecular formula is C15H16N2O2S. The number of aromatic nitrogens is 1. The Balaban J connectivity index is 1.96. The van der Waals surface area contributed by atoms with E-state index in [1.807, 2.05) is 36.0 Å². The highest BCUT2D eigenvalue weighted by Gasteiger charge is 2.18. The first kappa shape index (κ1) is 13.2. The van der Waals surface area contributed by atoms with E-state index in [2.05, 4.69) is 10.3 Å². The van der Waals surface area contributed by atoms with E-state index in [1.165, 1.54) is 24.8 Å². The Morgan fingerprint density at radius 1 is 1.45 bits per heavy atom. The van der Waals surface area contributed by atoms with Crippen molar-refractivity contribution < 1.29 is 9.90 Å². The number of para-hydroxylation sites is 1. The molecule has 20 heavy (non-hydrogen) atoms. The van der Waals surface area contributed by atoms with Gasteiger partial charge in [-0.05, 0) is 24.7 Å². The summed E-state index contributed by atoms with van der Waals surface area (Å²) in [5.74, 6) is 0.264. The lowest BCUT2D eigenvalue weighted by molar-refractivity contribution is 0.0697. The normalized spacial score (nSPS) is 18.3. The van der Waals surface area contributed by atoms with Crippen LogP contribution in [0.15, 0.2) is 30.5 Å². The van der Waals surface area contributed by atoms with Gasteiger partial charge in [0.05, 0.1) is 11.2 Å². The minimum absolute atomic E-state index is 0.242. The van der Waals surface area contributed by atoms with Crippen LogP contribution in [0.4, 0.5) is 5.69 Å². The fraction of sp³-hybridized carbons (Fsp3) is 0.333. The third kappa shape index (κ3) is 2.58. The van der Waals surface area contributed by atoms with E-state index in [1.54, 1.807) is 0 Å². The van der Waals surface area contributed by atoms with Gasteiger partial charge in [-0.15, -0.1) is 0 Å². The number of carboxylic acid groups (broad SMARTS) is 1. The third-order valence-electron chi connectivity index (χ3n) is 3.54. The van der Waals surface area contributed by atoms with Crippen molar-refractivity contribution in [3.8, 4) is 0 Å². The Kier molecular flexibility index (Phi) is 3.78. The first-order chi connectivity index (χ1) is 9.75. The van der Waals surface area contributed by atoms with Gasteiger partial charge in [-0.1, -0.05) is 18.2 Å². The molecule has 0 radical (unpaired) electrons. The van der Waals surface area contributed by atoms with Gasteiger partial charge in [0.2, 0.25) is 0 Å². The summed E-state index contributed by atoms with van der Waals surface area (Å²) in [6, 6.07) is 7.63. The van der Waals surface area contributed by atoms with Crippen molar-refractivity contribution >= 4 is 34.3 Å². The third-order valence-corrected chi connectivity index (χ3v) is 4.93. The number of aromatic carboxylic acids is 1. The van der Waals surface area contributed by atoms with Crippen LogP contribution < -0.4 is 5.32 Å². The molecule has 2 N–H and O–H groups in total. The number of benzene rings is 1. The largest absolute Gasteiger partial charge is 0.478 e. The molecule has 1 saturated heterocycles. The minimum Gasteiger partial charge on any atom is -0.478 e. The lowest BCUT2D eigenvalue weighted by atomic mass is 10.1. The average molecular weight is 288 g/mol. The number of hydrogen-bond donors (Lipinski definition) is 2. The van der Waals surface area contributed by atoms with Crippen molar-refractivity contribution in [2.45, 2.75) is 18.1 Å². The second kappa shape index (κ2) is 5.71. The number of fused-ring (bicyclic) bond motifs is 1. The lowest BCUT2D eigenvalue weighted by Crippen LogP contribution is -2.16. The zero-order valence-electron chi connectivity index (χ0n) is 11.0. The number of carboxylic acids is 1. The van der Waals surface area contributed by atoms with Gasteiger partial charge in [0.1, 0.15) is 5.56 Å². The number of anilines is 1. The first-order valence-electron chi connectivity index (χ1n) is 6.72. The SMILES string of the molecule is O=C(O)c1cnc2ccccc2c1NCC1CCCS1. The van der Waals surface area contributed by atoms with Gasteiger partial charge in [0.25, 0.3) is 0 Å². The number of thioether (sulfide) groups is 1. The summed E-state index contributed by atoms with van der Waals surface area (Å²) in [4.78, 5) is 15.6. The zero-order chi connectivity index (χ0) is 13.9. The molecule has 0 aliphatic carbocycles. The Hall–Kier alpha value is -1.75. The van der Waals surface area contributed by atoms with Crippen molar-refractivity contribution in [3.05, 3.63) is 36.0 Å². The molecule has 1 fully saturated rings. The first-order valence-corrected chi connectivity index (χ1v) is 7.77. The molecule has 0 bridgehead atoms. The molecule has 1 aromatic heterocycles. The van der Waals surface area contributed by atoms with Crippen molar-refractivity contribution in [1.29, 1.82) is 0 Å². The molecule has 1 atom stereocenters. The monoisotopic (exact) mass is 288 g/mol. The van der Waals surface area contributed by atoms with E-state index < -0.39 is 5.97 Å². The standard InChI is InChI=1S/C15H16N2O2S/c18-15(19)12-9-16-13-6-2-1-5-11(13)14(12)17-8-10-4-3-7-20-10/h1-2,5-6,9-10H,3-4,7-8H2,(H,16,17)(H,18,19). The van der Waals surface area contributed by atoms with E-state index in [9.17, 15) is 9.90 Å². The molecule has 3 rings (SSSR count). The summed E-state index contributed by atoms with van der Waals surface area (Å²) in [6.45, 7) is 0.805. The summed E-state index contributed by atoms with van der Waals surface area (Å²) in [5, 5.41) is 14.1. The van der Waals surface area contributed by atoms with Crippen LogP contribution in [0, 0.1) is 0 Å². The minimum atomic E-state index is -0.940. The molecular weight excluding hydrogens is 272 g/mol. The number of carbonyl (C=O) groups is 1. The highest BCUT2D eigenvalue weighted by molar-refractivity contribution is 8.00. The molecule has 0 spiro atoms. The lowest BCUT2D eigenvalue weighted by Gasteiger charge is -2.15. The van der Waals surface area contributed by atoms with E-state index in [4.69, 9.17) is 0 Å². The maximum Gasteiger partial charge on any atom is 0.339 e. The van der Waals surface area contributed by atoms with Crippen LogP contribution >= 0.6 is 11.8 Å². The molecule has 2 heterocycles. The van der Waals surface area contributed by atoms with Gasteiger partial charge in [-0.25, -0.2) is 4.79 Å². The number of pyridine rings is 1. The summed E-state index contributed by atoms with van der Waals surface area (Å²) in [7, 11) is 0. The number of nitrogens with one attached hydrogen (secondary N) is 1. The molecule has 1 aromatic carbocycles. The van der Waals surface area contributed by atoms with Crippen molar-refractivity contribution in [2.75, 3.05) is 17.6 Å². The van der Waals surface area contributed by atoms with Gasteiger partial charge in [0, 0.05) is 23.4 Å². The highest BCUT2D eigenvalue weighted by atomic mass is 32.2. The zero-order valence-corrected chi connectivity index (χ0v) is 11.8. The molecule has 4 nitrogen and oxygen atoms in total. The van der Waals surface area contributed by atoms with Crippen LogP contribution in [-0.4, -0.2) is 33.6 Å². The van der Waals surface area contributed by atoms with E-state index in [0.717, 1.165) is 17.4 Å². The summed E-state index contributed by atoms with van der Waals surface area (Å²) in [5.41, 5.74) is 1.75. The molecule has 5 heteroatoms. The predicted molar refractivity (Wildman–Crippen MR) is 82.7 cm³/mol. The van der Waals surface area contributed by atoms with Crippen LogP contribution in [-0.2, 0) is 0 Å². The fourth-order valence-corrected chi connectivity index (χ4v) is 3.72. The van der Waals surface area contributed by atoms with Crippen LogP contribution in [0.5, 0.6) is 0 Å². The fourth-order valence-electron chi connectivity index (χ4n) is 2.52. The van der Waals surface area contributed by atoms with Crippen LogP contribution in [0.2, 0.25) is 0 Å². The van der Waals surface area contributed by atoms with Crippen molar-refractivity contribution in [2.24, 2.45) is 0 Å². The Morgan fingerprint density at radius 2 is 2.30 bits per heavy atom. The second-order valence-electron chi connectivity index (χ2n) is 4.89. The maximum absolute atomic E-state index is 11.4. The molecule has 104 valence electrons.